The fraction of sp³-hybridized carbons (Fsp3) is 0.606. The third kappa shape index (κ3) is 5.35. The number of carbonyl (C=O) groups is 2. The molecule has 0 bridgehead atoms. The topological polar surface area (TPSA) is 200 Å². The molecule has 0 radical (unpaired) electrons. The second-order valence-corrected chi connectivity index (χ2v) is 14.1. The number of nitrogens with zero attached hydrogens (tertiary/aromatic N) is 5. The van der Waals surface area contributed by atoms with Gasteiger partial charge in [-0.2, -0.15) is 0 Å². The van der Waals surface area contributed by atoms with E-state index in [0.29, 0.717) is 0 Å². The van der Waals surface area contributed by atoms with Gasteiger partial charge in [-0.25, -0.2) is 0 Å². The van der Waals surface area contributed by atoms with E-state index < -0.39 is 41.7 Å². The molecule has 4 saturated heterocycles. The molecule has 5 aliphatic rings. The minimum Gasteiger partial charge on any atom is -0.627 e. The van der Waals surface area contributed by atoms with Crippen molar-refractivity contribution in [2.24, 2.45) is 0 Å². The van der Waals surface area contributed by atoms with E-state index in [-0.39, 0.29) is 139 Å². The number of quaternary nitrogens is 4. The highest BCUT2D eigenvalue weighted by atomic mass is 16.6. The molecule has 0 unspecified atom stereocenters. The average molecular weight is 700 g/mol. The van der Waals surface area contributed by atoms with E-state index in [2.05, 4.69) is 15.6 Å². The van der Waals surface area contributed by atoms with Gasteiger partial charge in [0.2, 0.25) is 0 Å². The number of hydroxylamine groups is 12. The summed E-state index contributed by atoms with van der Waals surface area (Å²) in [5, 5.41) is 65.3. The minimum absolute atomic E-state index is 0.00537. The van der Waals surface area contributed by atoms with Crippen LogP contribution >= 0.6 is 0 Å². The lowest BCUT2D eigenvalue weighted by molar-refractivity contribution is -1.13. The van der Waals surface area contributed by atoms with Crippen molar-refractivity contribution < 1.29 is 47.1 Å². The van der Waals surface area contributed by atoms with Crippen molar-refractivity contribution in [2.45, 2.75) is 25.4 Å². The molecule has 4 aliphatic heterocycles. The number of nitrogens with one attached hydrogen (secondary N) is 2. The van der Waals surface area contributed by atoms with Crippen molar-refractivity contribution in [2.75, 3.05) is 116 Å². The van der Waals surface area contributed by atoms with Crippen molar-refractivity contribution in [3.05, 3.63) is 73.7 Å². The maximum absolute atomic E-state index is 14.7. The smallest absolute Gasteiger partial charge is 0.303 e. The summed E-state index contributed by atoms with van der Waals surface area (Å²) in [6.07, 6.45) is 2.73. The number of hydrogen-bond donors (Lipinski definition) is 2. The van der Waals surface area contributed by atoms with E-state index in [4.69, 9.17) is 18.9 Å². The van der Waals surface area contributed by atoms with Crippen LogP contribution in [0.15, 0.2) is 30.6 Å². The SMILES string of the molecule is CC(Nc1ccc(NC(C)([N+]2([O-])CCOCC2)[N+]2([O-])CCOCC2)c2c1C(=O)c1ccncc1C2=O)([N+]1([O-])CCOCC1)[N+]1([O-])CCOCC1. The average Bonchev–Trinajstić information content (AvgIpc) is 3.12. The molecule has 0 spiro atoms. The first-order chi connectivity index (χ1) is 23.8. The Balaban J connectivity index is 1.40. The van der Waals surface area contributed by atoms with E-state index in [1.54, 1.807) is 19.9 Å². The zero-order valence-corrected chi connectivity index (χ0v) is 28.5. The molecule has 4 fully saturated rings. The second-order valence-electron chi connectivity index (χ2n) is 14.1. The van der Waals surface area contributed by atoms with Gasteiger partial charge in [0.25, 0.3) is 0 Å². The van der Waals surface area contributed by atoms with E-state index >= 15 is 0 Å². The van der Waals surface area contributed by atoms with Gasteiger partial charge in [-0.15, -0.1) is 0 Å². The van der Waals surface area contributed by atoms with Crippen LogP contribution < -0.4 is 10.6 Å². The Bertz CT molecular complexity index is 1470. The van der Waals surface area contributed by atoms with Gasteiger partial charge >= 0.3 is 11.6 Å². The number of anilines is 2. The first-order valence-corrected chi connectivity index (χ1v) is 17.2. The number of hydrogen-bond acceptors (Lipinski definition) is 13. The maximum Gasteiger partial charge on any atom is 0.303 e. The molecule has 0 atom stereocenters. The quantitative estimate of drug-likeness (QED) is 0.253. The lowest BCUT2D eigenvalue weighted by atomic mass is 9.82. The van der Waals surface area contributed by atoms with E-state index in [9.17, 15) is 30.4 Å². The summed E-state index contributed by atoms with van der Waals surface area (Å²) in [6, 6.07) is 4.53. The molecule has 1 aromatic heterocycles. The molecular formula is C33H45N7O10. The Hall–Kier alpha value is -3.17. The summed E-state index contributed by atoms with van der Waals surface area (Å²) in [4.78, 5) is 33.1. The van der Waals surface area contributed by atoms with Crippen molar-refractivity contribution in [1.82, 2.24) is 4.98 Å². The number of fused-ring (bicyclic) bond motifs is 2. The van der Waals surface area contributed by atoms with Gasteiger partial charge in [0.05, 0.1) is 94.8 Å². The van der Waals surface area contributed by atoms with Gasteiger partial charge < -0.3 is 39.8 Å². The van der Waals surface area contributed by atoms with Crippen LogP contribution in [0.5, 0.6) is 0 Å². The van der Waals surface area contributed by atoms with Crippen molar-refractivity contribution >= 4 is 22.9 Å². The molecule has 5 heterocycles. The lowest BCUT2D eigenvalue weighted by Gasteiger charge is -2.65. The van der Waals surface area contributed by atoms with Crippen LogP contribution in [0, 0.1) is 20.8 Å². The van der Waals surface area contributed by atoms with Crippen LogP contribution in [0.3, 0.4) is 0 Å². The molecule has 2 aromatic rings. The molecule has 7 rings (SSSR count). The Morgan fingerprint density at radius 2 is 0.880 bits per heavy atom. The van der Waals surface area contributed by atoms with Crippen molar-refractivity contribution in [3.8, 4) is 0 Å². The molecule has 50 heavy (non-hydrogen) atoms. The van der Waals surface area contributed by atoms with Crippen LogP contribution in [0.1, 0.15) is 45.7 Å². The molecular weight excluding hydrogens is 654 g/mol. The minimum atomic E-state index is -1.78. The number of benzene rings is 1. The van der Waals surface area contributed by atoms with Gasteiger partial charge in [-0.3, -0.25) is 43.8 Å². The van der Waals surface area contributed by atoms with Gasteiger partial charge in [0.15, 0.2) is 11.6 Å². The lowest BCUT2D eigenvalue weighted by Crippen LogP contribution is -2.81. The zero-order valence-electron chi connectivity index (χ0n) is 28.5. The van der Waals surface area contributed by atoms with Crippen molar-refractivity contribution in [3.63, 3.8) is 0 Å². The predicted octanol–water partition coefficient (Wildman–Crippen LogP) is 1.41. The molecule has 2 N–H and O–H groups in total. The number of aromatic nitrogens is 1. The summed E-state index contributed by atoms with van der Waals surface area (Å²) in [6.45, 7) is 4.26. The molecule has 0 saturated carbocycles. The number of carbonyl (C=O) groups excluding carboxylic acids is 2. The Labute approximate surface area is 289 Å². The summed E-state index contributed by atoms with van der Waals surface area (Å²) in [5.74, 6) is -4.63. The van der Waals surface area contributed by atoms with Gasteiger partial charge in [0, 0.05) is 18.0 Å². The number of morpholine rings is 4. The van der Waals surface area contributed by atoms with Crippen LogP contribution in [-0.4, -0.2) is 152 Å². The third-order valence-corrected chi connectivity index (χ3v) is 11.7. The van der Waals surface area contributed by atoms with Crippen molar-refractivity contribution in [1.29, 1.82) is 0 Å². The predicted molar refractivity (Wildman–Crippen MR) is 178 cm³/mol. The number of ketones is 2. The first kappa shape index (κ1) is 35.2. The Morgan fingerprint density at radius 1 is 0.560 bits per heavy atom. The maximum atomic E-state index is 14.7. The van der Waals surface area contributed by atoms with E-state index in [0.717, 1.165) is 0 Å². The summed E-state index contributed by atoms with van der Waals surface area (Å²) >= 11 is 0. The molecule has 1 aromatic carbocycles. The standard InChI is InChI=1S/C33H45N7O10/c1-32(37(43)7-15-47-16-8-37,38(44)9-17-48-18-10-38)35-26-3-4-27(29-28(26)30(41)24-5-6-34-23-25(24)31(29)42)36-33(2,39(45)11-19-49-20-12-39)40(46)13-21-50-22-14-40/h3-6,23,35-36H,7-22H2,1-2H3. The number of ether oxygens (including phenoxy) is 4. The van der Waals surface area contributed by atoms with Crippen LogP contribution in [-0.2, 0) is 18.9 Å². The highest BCUT2D eigenvalue weighted by Gasteiger charge is 2.58. The largest absolute Gasteiger partial charge is 0.627 e. The van der Waals surface area contributed by atoms with Gasteiger partial charge in [-0.1, -0.05) is 0 Å². The number of rotatable bonds is 8. The first-order valence-electron chi connectivity index (χ1n) is 17.2. The van der Waals surface area contributed by atoms with Gasteiger partial charge in [-0.05, 0) is 18.2 Å². The zero-order chi connectivity index (χ0) is 35.4. The summed E-state index contributed by atoms with van der Waals surface area (Å²) < 4.78 is 18.3. The number of pyridine rings is 1. The second kappa shape index (κ2) is 12.8. The molecule has 0 amide bonds. The van der Waals surface area contributed by atoms with Crippen LogP contribution in [0.25, 0.3) is 0 Å². The monoisotopic (exact) mass is 699 g/mol. The van der Waals surface area contributed by atoms with E-state index in [1.165, 1.54) is 24.5 Å². The fourth-order valence-electron chi connectivity index (χ4n) is 8.20. The molecule has 1 aliphatic carbocycles. The summed E-state index contributed by atoms with van der Waals surface area (Å²) in [7, 11) is 0. The van der Waals surface area contributed by atoms with E-state index in [1.807, 2.05) is 0 Å². The van der Waals surface area contributed by atoms with Gasteiger partial charge in [0.1, 0.15) is 52.4 Å². The highest BCUT2D eigenvalue weighted by molar-refractivity contribution is 6.31. The highest BCUT2D eigenvalue weighted by Crippen LogP contribution is 2.44. The van der Waals surface area contributed by atoms with Crippen LogP contribution in [0.4, 0.5) is 11.4 Å². The third-order valence-electron chi connectivity index (χ3n) is 11.7. The normalized spacial score (nSPS) is 24.5. The molecule has 17 nitrogen and oxygen atoms in total. The Kier molecular flexibility index (Phi) is 9.02. The molecule has 17 heteroatoms. The summed E-state index contributed by atoms with van der Waals surface area (Å²) in [5.41, 5.74) is 0.254. The molecule has 272 valence electrons. The van der Waals surface area contributed by atoms with Crippen LogP contribution in [0.2, 0.25) is 0 Å². The Morgan fingerprint density at radius 3 is 1.22 bits per heavy atom. The fourth-order valence-corrected chi connectivity index (χ4v) is 8.20.